The molecule has 0 amide bonds. The van der Waals surface area contributed by atoms with Gasteiger partial charge in [-0.15, -0.1) is 0 Å². The molecule has 2 rings (SSSR count). The van der Waals surface area contributed by atoms with Crippen molar-refractivity contribution in [1.82, 2.24) is 8.96 Å². The summed E-state index contributed by atoms with van der Waals surface area (Å²) in [5.41, 5.74) is 0.970. The first kappa shape index (κ1) is 14.3. The SMILES string of the molecule is CC(C)(O)c1cnc2c(ccn2SP(I)I)c1. The van der Waals surface area contributed by atoms with E-state index in [0.29, 0.717) is 0 Å². The van der Waals surface area contributed by atoms with Gasteiger partial charge in [0.05, 0.1) is 5.60 Å². The van der Waals surface area contributed by atoms with Crippen molar-refractivity contribution in [3.05, 3.63) is 30.1 Å². The molecule has 0 aliphatic carbocycles. The zero-order chi connectivity index (χ0) is 12.6. The standard InChI is InChI=1S/C10H11I2N2OPS/c1-10(2,15)8-5-7-3-4-14(17-16(11)12)9(7)13-6-8/h3-6,15H,1-2H3. The third-order valence-corrected chi connectivity index (χ3v) is 7.01. The third-order valence-electron chi connectivity index (χ3n) is 2.35. The van der Waals surface area contributed by atoms with E-state index in [-0.39, 0.29) is 2.41 Å². The number of fused-ring (bicyclic) bond motifs is 1. The maximum atomic E-state index is 9.95. The van der Waals surface area contributed by atoms with Crippen molar-refractivity contribution in [1.29, 1.82) is 0 Å². The van der Waals surface area contributed by atoms with Crippen LogP contribution in [0.25, 0.3) is 11.0 Å². The first-order valence-corrected chi connectivity index (χ1v) is 13.2. The summed E-state index contributed by atoms with van der Waals surface area (Å²) in [5.74, 6) is 0. The van der Waals surface area contributed by atoms with E-state index in [9.17, 15) is 5.11 Å². The minimum Gasteiger partial charge on any atom is -0.386 e. The number of halogens is 2. The van der Waals surface area contributed by atoms with E-state index in [0.717, 1.165) is 16.6 Å². The number of hydrogen-bond acceptors (Lipinski definition) is 3. The fourth-order valence-corrected chi connectivity index (χ4v) is 6.16. The molecule has 2 heterocycles. The number of aromatic nitrogens is 2. The average Bonchev–Trinajstić information content (AvgIpc) is 2.59. The van der Waals surface area contributed by atoms with Gasteiger partial charge in [-0.3, -0.25) is 3.97 Å². The molecule has 92 valence electrons. The van der Waals surface area contributed by atoms with Crippen molar-refractivity contribution in [2.24, 2.45) is 0 Å². The summed E-state index contributed by atoms with van der Waals surface area (Å²) in [5, 5.41) is 11.0. The molecule has 3 nitrogen and oxygen atoms in total. The van der Waals surface area contributed by atoms with Gasteiger partial charge in [-0.25, -0.2) is 4.98 Å². The largest absolute Gasteiger partial charge is 0.386 e. The highest BCUT2D eigenvalue weighted by atomic mass is 127. The highest BCUT2D eigenvalue weighted by Gasteiger charge is 2.17. The summed E-state index contributed by atoms with van der Waals surface area (Å²) in [6.45, 7) is 3.55. The van der Waals surface area contributed by atoms with Crippen LogP contribution in [-0.4, -0.2) is 14.1 Å². The molecule has 0 saturated carbocycles. The molecular weight excluding hydrogens is 481 g/mol. The van der Waals surface area contributed by atoms with Crippen LogP contribution in [0.15, 0.2) is 24.5 Å². The normalized spacial score (nSPS) is 12.6. The van der Waals surface area contributed by atoms with Crippen LogP contribution in [0, 0.1) is 0 Å². The molecule has 2 aromatic rings. The lowest BCUT2D eigenvalue weighted by atomic mass is 10.00. The minimum absolute atomic E-state index is 0.124. The lowest BCUT2D eigenvalue weighted by molar-refractivity contribution is 0.0784. The molecule has 0 fully saturated rings. The van der Waals surface area contributed by atoms with Gasteiger partial charge in [-0.1, -0.05) is 0 Å². The van der Waals surface area contributed by atoms with Crippen molar-refractivity contribution in [2.45, 2.75) is 19.4 Å². The van der Waals surface area contributed by atoms with Crippen LogP contribution in [-0.2, 0) is 5.60 Å². The van der Waals surface area contributed by atoms with E-state index >= 15 is 0 Å². The lowest BCUT2D eigenvalue weighted by Gasteiger charge is -2.17. The van der Waals surface area contributed by atoms with Gasteiger partial charge in [0, 0.05) is 34.9 Å². The maximum Gasteiger partial charge on any atom is 0.150 e. The molecule has 0 atom stereocenters. The van der Waals surface area contributed by atoms with Crippen LogP contribution in [0.1, 0.15) is 19.4 Å². The Hall–Kier alpha value is 0.890. The molecule has 0 saturated heterocycles. The smallest absolute Gasteiger partial charge is 0.150 e. The fraction of sp³-hybridized carbons (Fsp3) is 0.300. The van der Waals surface area contributed by atoms with E-state index < -0.39 is 5.60 Å². The van der Waals surface area contributed by atoms with Crippen molar-refractivity contribution in [2.75, 3.05) is 0 Å². The Morgan fingerprint density at radius 1 is 1.47 bits per heavy atom. The minimum atomic E-state index is -0.838. The Morgan fingerprint density at radius 2 is 2.18 bits per heavy atom. The zero-order valence-electron chi connectivity index (χ0n) is 9.26. The van der Waals surface area contributed by atoms with E-state index in [1.165, 1.54) is 0 Å². The molecule has 0 aromatic carbocycles. The van der Waals surface area contributed by atoms with Gasteiger partial charge < -0.3 is 5.11 Å². The zero-order valence-corrected chi connectivity index (χ0v) is 15.3. The van der Waals surface area contributed by atoms with E-state index in [1.807, 2.05) is 18.3 Å². The summed E-state index contributed by atoms with van der Waals surface area (Å²) in [4.78, 5) is 4.45. The molecule has 0 bridgehead atoms. The maximum absolute atomic E-state index is 9.95. The topological polar surface area (TPSA) is 38.1 Å². The Morgan fingerprint density at radius 3 is 2.76 bits per heavy atom. The van der Waals surface area contributed by atoms with Crippen LogP contribution >= 0.6 is 58.1 Å². The molecule has 0 unspecified atom stereocenters. The van der Waals surface area contributed by atoms with Crippen LogP contribution < -0.4 is 0 Å². The molecule has 7 heteroatoms. The lowest BCUT2D eigenvalue weighted by Crippen LogP contribution is -2.15. The molecule has 0 radical (unpaired) electrons. The highest BCUT2D eigenvalue weighted by Crippen LogP contribution is 2.65. The summed E-state index contributed by atoms with van der Waals surface area (Å²) >= 11 is 6.62. The first-order chi connectivity index (χ1) is 7.88. The van der Waals surface area contributed by atoms with Crippen LogP contribution in [0.4, 0.5) is 0 Å². The van der Waals surface area contributed by atoms with E-state index in [4.69, 9.17) is 0 Å². The van der Waals surface area contributed by atoms with Gasteiger partial charge in [0.1, 0.15) is 8.06 Å². The summed E-state index contributed by atoms with van der Waals surface area (Å²) in [6.07, 6.45) is 3.78. The molecule has 0 spiro atoms. The predicted octanol–water partition coefficient (Wildman–Crippen LogP) is 4.86. The van der Waals surface area contributed by atoms with Gasteiger partial charge in [-0.05, 0) is 70.1 Å². The monoisotopic (exact) mass is 492 g/mol. The van der Waals surface area contributed by atoms with Crippen LogP contribution in [0.2, 0.25) is 0 Å². The van der Waals surface area contributed by atoms with Gasteiger partial charge in [-0.2, -0.15) is 0 Å². The van der Waals surface area contributed by atoms with Crippen molar-refractivity contribution in [3.63, 3.8) is 0 Å². The number of hydrogen-bond donors (Lipinski definition) is 1. The third kappa shape index (κ3) is 3.46. The Labute approximate surface area is 131 Å². The van der Waals surface area contributed by atoms with Crippen molar-refractivity contribution in [3.8, 4) is 0 Å². The highest BCUT2D eigenvalue weighted by molar-refractivity contribution is 14.3. The Kier molecular flexibility index (Phi) is 4.61. The van der Waals surface area contributed by atoms with Gasteiger partial charge >= 0.3 is 0 Å². The van der Waals surface area contributed by atoms with Crippen molar-refractivity contribution < 1.29 is 5.11 Å². The number of aliphatic hydroxyl groups is 1. The Balaban J connectivity index is 2.45. The van der Waals surface area contributed by atoms with Gasteiger partial charge in [0.2, 0.25) is 0 Å². The number of pyridine rings is 1. The fourth-order valence-electron chi connectivity index (χ4n) is 1.47. The average molecular weight is 492 g/mol. The number of rotatable bonds is 3. The van der Waals surface area contributed by atoms with Crippen LogP contribution in [0.5, 0.6) is 0 Å². The molecular formula is C10H11I2N2OPS. The first-order valence-electron chi connectivity index (χ1n) is 4.88. The predicted molar refractivity (Wildman–Crippen MR) is 92.9 cm³/mol. The van der Waals surface area contributed by atoms with Crippen LogP contribution in [0.3, 0.4) is 0 Å². The van der Waals surface area contributed by atoms with Gasteiger partial charge in [0.15, 0.2) is 0 Å². The Bertz CT molecular complexity index is 539. The molecule has 0 aliphatic rings. The summed E-state index contributed by atoms with van der Waals surface area (Å²) in [6, 6.07) is 4.04. The van der Waals surface area contributed by atoms with Gasteiger partial charge in [0.25, 0.3) is 0 Å². The van der Waals surface area contributed by atoms with E-state index in [1.54, 1.807) is 31.6 Å². The second kappa shape index (κ2) is 5.48. The quantitative estimate of drug-likeness (QED) is 0.492. The van der Waals surface area contributed by atoms with Crippen molar-refractivity contribution >= 4 is 69.1 Å². The second-order valence-electron chi connectivity index (χ2n) is 4.12. The molecule has 17 heavy (non-hydrogen) atoms. The molecule has 0 aliphatic heterocycles. The molecule has 1 N–H and O–H groups in total. The summed E-state index contributed by atoms with van der Waals surface area (Å²) < 4.78 is 1.97. The van der Waals surface area contributed by atoms with E-state index in [2.05, 4.69) is 53.0 Å². The molecule has 2 aromatic heterocycles. The second-order valence-corrected chi connectivity index (χ2v) is 21.9. The summed E-state index contributed by atoms with van der Waals surface area (Å²) in [7, 11) is 0. The number of nitrogens with zero attached hydrogens (tertiary/aromatic N) is 2.